The number of carbonyl (C=O) groups excluding carboxylic acids is 1. The van der Waals surface area contributed by atoms with Crippen LogP contribution in [0, 0.1) is 13.8 Å². The number of rotatable bonds is 2. The van der Waals surface area contributed by atoms with E-state index in [0.29, 0.717) is 5.56 Å². The summed E-state index contributed by atoms with van der Waals surface area (Å²) >= 11 is 0. The number of imidazole rings is 1. The normalized spacial score (nSPS) is 10.3. The van der Waals surface area contributed by atoms with E-state index >= 15 is 0 Å². The molecule has 1 aromatic carbocycles. The molecule has 2 aromatic rings. The second-order valence-electron chi connectivity index (χ2n) is 3.99. The minimum atomic E-state index is -0.0810. The standard InChI is InChI=1S/C13H15N3O/c1-8-4-5-10(13(17)14-3)6-11(8)12-7-15-9(2)16-12/h4-7H,1-3H3,(H,14,17)(H,15,16). The van der Waals surface area contributed by atoms with Crippen LogP contribution in [-0.2, 0) is 0 Å². The van der Waals surface area contributed by atoms with Crippen molar-refractivity contribution in [3.05, 3.63) is 41.3 Å². The van der Waals surface area contributed by atoms with E-state index in [-0.39, 0.29) is 5.91 Å². The minimum absolute atomic E-state index is 0.0810. The molecular weight excluding hydrogens is 214 g/mol. The van der Waals surface area contributed by atoms with Gasteiger partial charge in [-0.05, 0) is 31.5 Å². The van der Waals surface area contributed by atoms with Gasteiger partial charge in [-0.2, -0.15) is 0 Å². The Hall–Kier alpha value is -2.10. The number of aryl methyl sites for hydroxylation is 2. The van der Waals surface area contributed by atoms with Crippen LogP contribution in [0.5, 0.6) is 0 Å². The fourth-order valence-electron chi connectivity index (χ4n) is 1.76. The molecule has 1 aromatic heterocycles. The summed E-state index contributed by atoms with van der Waals surface area (Å²) in [6.07, 6.45) is 1.78. The molecular formula is C13H15N3O. The van der Waals surface area contributed by atoms with Crippen LogP contribution in [0.3, 0.4) is 0 Å². The highest BCUT2D eigenvalue weighted by Gasteiger charge is 2.09. The van der Waals surface area contributed by atoms with Gasteiger partial charge in [0.15, 0.2) is 0 Å². The molecule has 2 N–H and O–H groups in total. The van der Waals surface area contributed by atoms with Crippen molar-refractivity contribution in [1.82, 2.24) is 15.3 Å². The third-order valence-electron chi connectivity index (χ3n) is 2.72. The van der Waals surface area contributed by atoms with Gasteiger partial charge in [0.2, 0.25) is 0 Å². The second-order valence-corrected chi connectivity index (χ2v) is 3.99. The lowest BCUT2D eigenvalue weighted by Crippen LogP contribution is -2.17. The Morgan fingerprint density at radius 2 is 2.12 bits per heavy atom. The smallest absolute Gasteiger partial charge is 0.251 e. The highest BCUT2D eigenvalue weighted by atomic mass is 16.1. The van der Waals surface area contributed by atoms with E-state index in [2.05, 4.69) is 15.3 Å². The number of carbonyl (C=O) groups is 1. The van der Waals surface area contributed by atoms with Gasteiger partial charge in [0, 0.05) is 18.2 Å². The summed E-state index contributed by atoms with van der Waals surface area (Å²) < 4.78 is 0. The largest absolute Gasteiger partial charge is 0.355 e. The molecule has 0 radical (unpaired) electrons. The topological polar surface area (TPSA) is 57.8 Å². The van der Waals surface area contributed by atoms with Crippen LogP contribution < -0.4 is 5.32 Å². The maximum atomic E-state index is 11.6. The quantitative estimate of drug-likeness (QED) is 0.828. The number of hydrogen-bond donors (Lipinski definition) is 2. The van der Waals surface area contributed by atoms with Gasteiger partial charge in [0.05, 0.1) is 11.9 Å². The number of benzene rings is 1. The molecule has 0 fully saturated rings. The Labute approximate surface area is 100 Å². The third kappa shape index (κ3) is 2.20. The van der Waals surface area contributed by atoms with Crippen molar-refractivity contribution >= 4 is 5.91 Å². The van der Waals surface area contributed by atoms with E-state index in [1.165, 1.54) is 0 Å². The number of aromatic nitrogens is 2. The van der Waals surface area contributed by atoms with E-state index < -0.39 is 0 Å². The molecule has 2 rings (SSSR count). The average molecular weight is 229 g/mol. The van der Waals surface area contributed by atoms with E-state index in [4.69, 9.17) is 0 Å². The first kappa shape index (κ1) is 11.4. The van der Waals surface area contributed by atoms with E-state index in [1.807, 2.05) is 32.0 Å². The van der Waals surface area contributed by atoms with Gasteiger partial charge in [-0.3, -0.25) is 4.79 Å². The fraction of sp³-hybridized carbons (Fsp3) is 0.231. The molecule has 0 aliphatic heterocycles. The molecule has 0 unspecified atom stereocenters. The summed E-state index contributed by atoms with van der Waals surface area (Å²) in [4.78, 5) is 18.9. The van der Waals surface area contributed by atoms with Crippen molar-refractivity contribution in [2.24, 2.45) is 0 Å². The summed E-state index contributed by atoms with van der Waals surface area (Å²) in [5, 5.41) is 2.62. The van der Waals surface area contributed by atoms with Crippen LogP contribution in [0.15, 0.2) is 24.4 Å². The number of H-pyrrole nitrogens is 1. The number of aromatic amines is 1. The zero-order valence-electron chi connectivity index (χ0n) is 10.2. The Bertz CT molecular complexity index is 558. The summed E-state index contributed by atoms with van der Waals surface area (Å²) in [6, 6.07) is 5.64. The van der Waals surface area contributed by atoms with Gasteiger partial charge in [-0.15, -0.1) is 0 Å². The third-order valence-corrected chi connectivity index (χ3v) is 2.72. The number of hydrogen-bond acceptors (Lipinski definition) is 2. The maximum absolute atomic E-state index is 11.6. The van der Waals surface area contributed by atoms with Crippen molar-refractivity contribution < 1.29 is 4.79 Å². The molecule has 0 saturated heterocycles. The first-order valence-electron chi connectivity index (χ1n) is 5.46. The summed E-state index contributed by atoms with van der Waals surface area (Å²) in [7, 11) is 1.63. The highest BCUT2D eigenvalue weighted by molar-refractivity contribution is 5.95. The molecule has 17 heavy (non-hydrogen) atoms. The van der Waals surface area contributed by atoms with Crippen molar-refractivity contribution in [1.29, 1.82) is 0 Å². The molecule has 1 amide bonds. The molecule has 0 aliphatic carbocycles. The SMILES string of the molecule is CNC(=O)c1ccc(C)c(-c2cnc(C)[nH]2)c1. The lowest BCUT2D eigenvalue weighted by Gasteiger charge is -2.06. The molecule has 0 atom stereocenters. The van der Waals surface area contributed by atoms with Gasteiger partial charge in [0.1, 0.15) is 5.82 Å². The Morgan fingerprint density at radius 3 is 2.71 bits per heavy atom. The van der Waals surface area contributed by atoms with E-state index in [1.54, 1.807) is 13.2 Å². The number of nitrogens with zero attached hydrogens (tertiary/aromatic N) is 1. The number of nitrogens with one attached hydrogen (secondary N) is 2. The van der Waals surface area contributed by atoms with Crippen LogP contribution in [-0.4, -0.2) is 22.9 Å². The van der Waals surface area contributed by atoms with Gasteiger partial charge in [-0.25, -0.2) is 4.98 Å². The maximum Gasteiger partial charge on any atom is 0.251 e. The van der Waals surface area contributed by atoms with E-state index in [0.717, 1.165) is 22.6 Å². The highest BCUT2D eigenvalue weighted by Crippen LogP contribution is 2.22. The summed E-state index contributed by atoms with van der Waals surface area (Å²) in [5.74, 6) is 0.784. The molecule has 0 bridgehead atoms. The lowest BCUT2D eigenvalue weighted by molar-refractivity contribution is 0.0963. The lowest BCUT2D eigenvalue weighted by atomic mass is 10.0. The molecule has 4 heteroatoms. The van der Waals surface area contributed by atoms with Crippen molar-refractivity contribution in [2.75, 3.05) is 7.05 Å². The average Bonchev–Trinajstić information content (AvgIpc) is 2.75. The Balaban J connectivity index is 2.49. The first-order chi connectivity index (χ1) is 8.11. The van der Waals surface area contributed by atoms with Gasteiger partial charge < -0.3 is 10.3 Å². The minimum Gasteiger partial charge on any atom is -0.355 e. The first-order valence-corrected chi connectivity index (χ1v) is 5.46. The molecule has 88 valence electrons. The molecule has 0 saturated carbocycles. The zero-order chi connectivity index (χ0) is 12.4. The molecule has 0 spiro atoms. The Morgan fingerprint density at radius 1 is 1.35 bits per heavy atom. The fourth-order valence-corrected chi connectivity index (χ4v) is 1.76. The predicted octanol–water partition coefficient (Wildman–Crippen LogP) is 2.05. The molecule has 4 nitrogen and oxygen atoms in total. The van der Waals surface area contributed by atoms with Gasteiger partial charge in [0.25, 0.3) is 5.91 Å². The van der Waals surface area contributed by atoms with Gasteiger partial charge >= 0.3 is 0 Å². The monoisotopic (exact) mass is 229 g/mol. The number of amides is 1. The summed E-state index contributed by atoms with van der Waals surface area (Å²) in [5.41, 5.74) is 3.71. The van der Waals surface area contributed by atoms with Crippen LogP contribution in [0.2, 0.25) is 0 Å². The van der Waals surface area contributed by atoms with Crippen LogP contribution >= 0.6 is 0 Å². The van der Waals surface area contributed by atoms with Crippen LogP contribution in [0.1, 0.15) is 21.7 Å². The molecule has 0 aliphatic rings. The van der Waals surface area contributed by atoms with Crippen LogP contribution in [0.4, 0.5) is 0 Å². The van der Waals surface area contributed by atoms with Crippen molar-refractivity contribution in [3.63, 3.8) is 0 Å². The van der Waals surface area contributed by atoms with Crippen LogP contribution in [0.25, 0.3) is 11.3 Å². The summed E-state index contributed by atoms with van der Waals surface area (Å²) in [6.45, 7) is 3.92. The Kier molecular flexibility index (Phi) is 2.95. The second kappa shape index (κ2) is 4.41. The van der Waals surface area contributed by atoms with E-state index in [9.17, 15) is 4.79 Å². The zero-order valence-corrected chi connectivity index (χ0v) is 10.2. The van der Waals surface area contributed by atoms with Gasteiger partial charge in [-0.1, -0.05) is 6.07 Å². The predicted molar refractivity (Wildman–Crippen MR) is 66.9 cm³/mol. The van der Waals surface area contributed by atoms with Crippen molar-refractivity contribution in [3.8, 4) is 11.3 Å². The van der Waals surface area contributed by atoms with Crippen molar-refractivity contribution in [2.45, 2.75) is 13.8 Å². The molecule has 1 heterocycles.